The van der Waals surface area contributed by atoms with Crippen molar-refractivity contribution < 1.29 is 9.53 Å². The Bertz CT molecular complexity index is 1340. The molecular formula is C26H22N4O2S. The molecule has 7 heteroatoms. The number of thioether (sulfide) groups is 1. The van der Waals surface area contributed by atoms with E-state index in [1.165, 1.54) is 0 Å². The second-order valence-electron chi connectivity index (χ2n) is 7.90. The molecule has 0 amide bonds. The third-order valence-electron chi connectivity index (χ3n) is 5.39. The lowest BCUT2D eigenvalue weighted by atomic mass is 10.00. The van der Waals surface area contributed by atoms with E-state index in [-0.39, 0.29) is 12.4 Å². The number of hydrogen-bond acceptors (Lipinski definition) is 6. The number of ketones is 1. The van der Waals surface area contributed by atoms with Crippen LogP contribution in [0.25, 0.3) is 0 Å². The van der Waals surface area contributed by atoms with E-state index in [9.17, 15) is 4.79 Å². The molecule has 164 valence electrons. The molecule has 1 aliphatic rings. The van der Waals surface area contributed by atoms with E-state index in [0.717, 1.165) is 33.3 Å². The summed E-state index contributed by atoms with van der Waals surface area (Å²) in [6.45, 7) is 4.11. The molecule has 3 aromatic carbocycles. The zero-order valence-electron chi connectivity index (χ0n) is 18.4. The SMILES string of the molecule is Cc1ccc(C(=O)c2cc(C)ccc2OCc2nnc3n2N=C(c2ccccc2)CS3)cc1. The van der Waals surface area contributed by atoms with Gasteiger partial charge < -0.3 is 4.74 Å². The number of hydrogen-bond donors (Lipinski definition) is 0. The van der Waals surface area contributed by atoms with Gasteiger partial charge in [-0.2, -0.15) is 9.78 Å². The Hall–Kier alpha value is -3.71. The third kappa shape index (κ3) is 4.45. The molecule has 2 heterocycles. The first-order valence-corrected chi connectivity index (χ1v) is 11.6. The van der Waals surface area contributed by atoms with Gasteiger partial charge in [-0.15, -0.1) is 10.2 Å². The van der Waals surface area contributed by atoms with Gasteiger partial charge in [0, 0.05) is 11.3 Å². The van der Waals surface area contributed by atoms with Crippen molar-refractivity contribution in [1.29, 1.82) is 0 Å². The van der Waals surface area contributed by atoms with Gasteiger partial charge in [0.25, 0.3) is 0 Å². The summed E-state index contributed by atoms with van der Waals surface area (Å²) in [7, 11) is 0. The predicted molar refractivity (Wildman–Crippen MR) is 129 cm³/mol. The molecule has 0 unspecified atom stereocenters. The number of rotatable bonds is 6. The summed E-state index contributed by atoms with van der Waals surface area (Å²) < 4.78 is 7.82. The zero-order chi connectivity index (χ0) is 22.8. The minimum Gasteiger partial charge on any atom is -0.485 e. The molecule has 0 fully saturated rings. The van der Waals surface area contributed by atoms with Gasteiger partial charge in [-0.05, 0) is 31.5 Å². The maximum atomic E-state index is 13.2. The topological polar surface area (TPSA) is 69.4 Å². The lowest BCUT2D eigenvalue weighted by Gasteiger charge is -2.15. The van der Waals surface area contributed by atoms with Crippen LogP contribution >= 0.6 is 11.8 Å². The molecule has 1 aliphatic heterocycles. The van der Waals surface area contributed by atoms with Crippen molar-refractivity contribution in [3.63, 3.8) is 0 Å². The molecule has 0 N–H and O–H groups in total. The number of ether oxygens (including phenoxy) is 1. The lowest BCUT2D eigenvalue weighted by Crippen LogP contribution is -2.15. The highest BCUT2D eigenvalue weighted by molar-refractivity contribution is 7.99. The first-order chi connectivity index (χ1) is 16.1. The summed E-state index contributed by atoms with van der Waals surface area (Å²) in [5, 5.41) is 14.0. The summed E-state index contributed by atoms with van der Waals surface area (Å²) in [5.74, 6) is 1.76. The van der Waals surface area contributed by atoms with Crippen molar-refractivity contribution in [1.82, 2.24) is 14.9 Å². The molecule has 1 aromatic heterocycles. The van der Waals surface area contributed by atoms with Crippen molar-refractivity contribution in [3.05, 3.63) is 106 Å². The van der Waals surface area contributed by atoms with Gasteiger partial charge in [-0.25, -0.2) is 0 Å². The number of nitrogens with zero attached hydrogens (tertiary/aromatic N) is 4. The second-order valence-corrected chi connectivity index (χ2v) is 8.84. The minimum absolute atomic E-state index is 0.0723. The number of carbonyl (C=O) groups is 1. The van der Waals surface area contributed by atoms with Gasteiger partial charge in [0.05, 0.1) is 11.3 Å². The second kappa shape index (κ2) is 9.03. The van der Waals surface area contributed by atoms with Crippen LogP contribution in [0, 0.1) is 13.8 Å². The summed E-state index contributed by atoms with van der Waals surface area (Å²) in [4.78, 5) is 13.2. The van der Waals surface area contributed by atoms with Crippen molar-refractivity contribution in [3.8, 4) is 5.75 Å². The van der Waals surface area contributed by atoms with Gasteiger partial charge in [-0.3, -0.25) is 4.79 Å². The molecule has 0 saturated heterocycles. The first kappa shape index (κ1) is 21.2. The predicted octanol–water partition coefficient (Wildman–Crippen LogP) is 5.06. The highest BCUT2D eigenvalue weighted by Crippen LogP contribution is 2.27. The first-order valence-electron chi connectivity index (χ1n) is 10.6. The van der Waals surface area contributed by atoms with Crippen LogP contribution in [-0.4, -0.2) is 32.1 Å². The molecule has 0 saturated carbocycles. The van der Waals surface area contributed by atoms with E-state index in [1.807, 2.05) is 86.6 Å². The van der Waals surface area contributed by atoms with E-state index < -0.39 is 0 Å². The van der Waals surface area contributed by atoms with Gasteiger partial charge in [0.15, 0.2) is 11.6 Å². The monoisotopic (exact) mass is 454 g/mol. The third-order valence-corrected chi connectivity index (χ3v) is 6.32. The fourth-order valence-electron chi connectivity index (χ4n) is 3.58. The zero-order valence-corrected chi connectivity index (χ0v) is 19.2. The molecule has 0 spiro atoms. The van der Waals surface area contributed by atoms with Crippen LogP contribution in [-0.2, 0) is 6.61 Å². The quantitative estimate of drug-likeness (QED) is 0.381. The summed E-state index contributed by atoms with van der Waals surface area (Å²) in [5.41, 5.74) is 5.29. The Balaban J connectivity index is 1.41. The van der Waals surface area contributed by atoms with E-state index in [4.69, 9.17) is 9.84 Å². The van der Waals surface area contributed by atoms with Crippen molar-refractivity contribution >= 4 is 23.3 Å². The molecule has 33 heavy (non-hydrogen) atoms. The molecule has 0 aliphatic carbocycles. The van der Waals surface area contributed by atoms with Crippen molar-refractivity contribution in [2.45, 2.75) is 25.6 Å². The van der Waals surface area contributed by atoms with Crippen molar-refractivity contribution in [2.75, 3.05) is 5.75 Å². The largest absolute Gasteiger partial charge is 0.485 e. The van der Waals surface area contributed by atoms with Crippen LogP contribution in [0.4, 0.5) is 0 Å². The summed E-state index contributed by atoms with van der Waals surface area (Å²) in [6, 6.07) is 23.2. The Morgan fingerprint density at radius 2 is 1.73 bits per heavy atom. The van der Waals surface area contributed by atoms with E-state index in [2.05, 4.69) is 10.2 Å². The Morgan fingerprint density at radius 1 is 0.970 bits per heavy atom. The summed E-state index contributed by atoms with van der Waals surface area (Å²) in [6.07, 6.45) is 0. The maximum Gasteiger partial charge on any atom is 0.212 e. The van der Waals surface area contributed by atoms with Crippen LogP contribution in [0.3, 0.4) is 0 Å². The fraction of sp³-hybridized carbons (Fsp3) is 0.154. The minimum atomic E-state index is -0.0723. The molecule has 6 nitrogen and oxygen atoms in total. The van der Waals surface area contributed by atoms with Gasteiger partial charge in [-0.1, -0.05) is 83.6 Å². The fourth-order valence-corrected chi connectivity index (χ4v) is 4.44. The van der Waals surface area contributed by atoms with Crippen molar-refractivity contribution in [2.24, 2.45) is 5.10 Å². The lowest BCUT2D eigenvalue weighted by molar-refractivity contribution is 0.103. The Kier molecular flexibility index (Phi) is 5.79. The van der Waals surface area contributed by atoms with Crippen LogP contribution < -0.4 is 4.74 Å². The van der Waals surface area contributed by atoms with E-state index in [1.54, 1.807) is 16.4 Å². The molecule has 5 rings (SSSR count). The summed E-state index contributed by atoms with van der Waals surface area (Å²) >= 11 is 1.59. The number of benzene rings is 3. The molecule has 0 atom stereocenters. The number of carbonyl (C=O) groups excluding carboxylic acids is 1. The molecule has 0 bridgehead atoms. The number of aromatic nitrogens is 3. The molecule has 4 aromatic rings. The van der Waals surface area contributed by atoms with Gasteiger partial charge in [0.2, 0.25) is 5.16 Å². The molecule has 0 radical (unpaired) electrons. The van der Waals surface area contributed by atoms with Crippen LogP contribution in [0.5, 0.6) is 5.75 Å². The van der Waals surface area contributed by atoms with E-state index >= 15 is 0 Å². The number of fused-ring (bicyclic) bond motifs is 1. The maximum absolute atomic E-state index is 13.2. The van der Waals surface area contributed by atoms with Gasteiger partial charge >= 0.3 is 0 Å². The average Bonchev–Trinajstić information content (AvgIpc) is 3.26. The normalized spacial score (nSPS) is 12.7. The average molecular weight is 455 g/mol. The van der Waals surface area contributed by atoms with Crippen LogP contribution in [0.2, 0.25) is 0 Å². The van der Waals surface area contributed by atoms with Gasteiger partial charge in [0.1, 0.15) is 12.4 Å². The highest BCUT2D eigenvalue weighted by Gasteiger charge is 2.21. The highest BCUT2D eigenvalue weighted by atomic mass is 32.2. The Labute approximate surface area is 196 Å². The number of aryl methyl sites for hydroxylation is 2. The smallest absolute Gasteiger partial charge is 0.212 e. The standard InChI is InChI=1S/C26H22N4O2S/c1-17-8-11-20(12-9-17)25(31)21-14-18(2)10-13-23(21)32-15-24-27-28-26-30(24)29-22(16-33-26)19-6-4-3-5-7-19/h3-14H,15-16H2,1-2H3. The van der Waals surface area contributed by atoms with E-state index in [0.29, 0.717) is 22.7 Å². The van der Waals surface area contributed by atoms with Crippen LogP contribution in [0.15, 0.2) is 83.1 Å². The molecular weight excluding hydrogens is 432 g/mol. The Morgan fingerprint density at radius 3 is 2.52 bits per heavy atom. The van der Waals surface area contributed by atoms with Crippen LogP contribution in [0.1, 0.15) is 38.4 Å².